The van der Waals surface area contributed by atoms with Crippen LogP contribution in [-0.2, 0) is 0 Å². The zero-order valence-electron chi connectivity index (χ0n) is 10.1. The van der Waals surface area contributed by atoms with E-state index in [0.717, 1.165) is 8.47 Å². The molecule has 0 saturated heterocycles. The average Bonchev–Trinajstić information content (AvgIpc) is 2.29. The molecule has 1 aromatic carbocycles. The maximum atomic E-state index is 12.4. The number of benzene rings is 1. The van der Waals surface area contributed by atoms with Gasteiger partial charge in [-0.25, -0.2) is 0 Å². The van der Waals surface area contributed by atoms with E-state index in [1.54, 1.807) is 13.0 Å². The lowest BCUT2D eigenvalue weighted by Crippen LogP contribution is -2.39. The Morgan fingerprint density at radius 1 is 1.42 bits per heavy atom. The highest BCUT2D eigenvalue weighted by atomic mass is 127. The minimum atomic E-state index is -4.40. The minimum absolute atomic E-state index is 0.0575. The first-order chi connectivity index (χ1) is 8.74. The first kappa shape index (κ1) is 16.6. The van der Waals surface area contributed by atoms with Gasteiger partial charge in [0, 0.05) is 15.7 Å². The van der Waals surface area contributed by atoms with Crippen LogP contribution in [-0.4, -0.2) is 30.1 Å². The molecule has 1 aromatic rings. The molecule has 19 heavy (non-hydrogen) atoms. The number of halogens is 5. The van der Waals surface area contributed by atoms with Crippen LogP contribution in [0.2, 0.25) is 5.02 Å². The Labute approximate surface area is 128 Å². The van der Waals surface area contributed by atoms with Gasteiger partial charge in [-0.1, -0.05) is 18.5 Å². The summed E-state index contributed by atoms with van der Waals surface area (Å²) in [7, 11) is 0. The van der Waals surface area contributed by atoms with Crippen molar-refractivity contribution in [1.29, 1.82) is 0 Å². The molecule has 0 spiro atoms. The fourth-order valence-corrected chi connectivity index (χ4v) is 2.07. The zero-order chi connectivity index (χ0) is 14.6. The molecule has 0 unspecified atom stereocenters. The van der Waals surface area contributed by atoms with Gasteiger partial charge in [0.25, 0.3) is 5.91 Å². The van der Waals surface area contributed by atoms with Gasteiger partial charge in [0.05, 0.1) is 5.02 Å². The van der Waals surface area contributed by atoms with Crippen LogP contribution >= 0.6 is 34.2 Å². The largest absolute Gasteiger partial charge is 0.406 e. The summed E-state index contributed by atoms with van der Waals surface area (Å²) in [5.41, 5.74) is 0.170. The van der Waals surface area contributed by atoms with Crippen LogP contribution in [0.1, 0.15) is 23.7 Å². The standard InChI is InChI=1S/C12H12ClF3INO/c1-2-5-18(7-12(14,15)16)11(19)8-3-4-10(17)9(13)6-8/h3-4,6H,2,5,7H2,1H3. The molecule has 0 atom stereocenters. The highest BCUT2D eigenvalue weighted by Gasteiger charge is 2.33. The summed E-state index contributed by atoms with van der Waals surface area (Å²) in [4.78, 5) is 12.8. The van der Waals surface area contributed by atoms with Crippen molar-refractivity contribution in [3.63, 3.8) is 0 Å². The predicted molar refractivity (Wildman–Crippen MR) is 76.4 cm³/mol. The molecule has 0 fully saturated rings. The summed E-state index contributed by atoms with van der Waals surface area (Å²) in [6.07, 6.45) is -3.95. The van der Waals surface area contributed by atoms with E-state index in [0.29, 0.717) is 11.4 Å². The second-order valence-corrected chi connectivity index (χ2v) is 5.54. The van der Waals surface area contributed by atoms with Crippen LogP contribution in [0, 0.1) is 3.57 Å². The second kappa shape index (κ2) is 6.78. The monoisotopic (exact) mass is 405 g/mol. The number of amides is 1. The molecule has 2 nitrogen and oxygen atoms in total. The zero-order valence-corrected chi connectivity index (χ0v) is 13.0. The highest BCUT2D eigenvalue weighted by molar-refractivity contribution is 14.1. The topological polar surface area (TPSA) is 20.3 Å². The lowest BCUT2D eigenvalue weighted by Gasteiger charge is -2.23. The van der Waals surface area contributed by atoms with Gasteiger partial charge in [0.1, 0.15) is 6.54 Å². The predicted octanol–water partition coefficient (Wildman–Crippen LogP) is 4.36. The normalized spacial score (nSPS) is 11.5. The third kappa shape index (κ3) is 5.18. The summed E-state index contributed by atoms with van der Waals surface area (Å²) < 4.78 is 38.0. The van der Waals surface area contributed by atoms with E-state index in [-0.39, 0.29) is 12.1 Å². The SMILES string of the molecule is CCCN(CC(F)(F)F)C(=O)c1ccc(I)c(Cl)c1. The van der Waals surface area contributed by atoms with Crippen LogP contribution < -0.4 is 0 Å². The molecule has 0 bridgehead atoms. The Hall–Kier alpha value is -0.500. The second-order valence-electron chi connectivity index (χ2n) is 3.97. The van der Waals surface area contributed by atoms with Crippen LogP contribution in [0.5, 0.6) is 0 Å². The molecule has 0 saturated carbocycles. The molecule has 0 aliphatic rings. The van der Waals surface area contributed by atoms with E-state index in [2.05, 4.69) is 0 Å². The lowest BCUT2D eigenvalue weighted by atomic mass is 10.2. The number of nitrogens with zero attached hydrogens (tertiary/aromatic N) is 1. The quantitative estimate of drug-likeness (QED) is 0.682. The van der Waals surface area contributed by atoms with E-state index in [1.165, 1.54) is 12.1 Å². The summed E-state index contributed by atoms with van der Waals surface area (Å²) in [5, 5.41) is 0.356. The van der Waals surface area contributed by atoms with Gasteiger partial charge in [0.2, 0.25) is 0 Å². The van der Waals surface area contributed by atoms with Crippen LogP contribution in [0.3, 0.4) is 0 Å². The Kier molecular flexibility index (Phi) is 5.91. The Morgan fingerprint density at radius 3 is 2.53 bits per heavy atom. The summed E-state index contributed by atoms with van der Waals surface area (Å²) >= 11 is 7.86. The van der Waals surface area contributed by atoms with Gasteiger partial charge < -0.3 is 4.90 Å². The molecule has 1 amide bonds. The highest BCUT2D eigenvalue weighted by Crippen LogP contribution is 2.22. The fourth-order valence-electron chi connectivity index (χ4n) is 1.55. The molecule has 0 aliphatic heterocycles. The van der Waals surface area contributed by atoms with E-state index < -0.39 is 18.6 Å². The molecular formula is C12H12ClF3INO. The van der Waals surface area contributed by atoms with E-state index >= 15 is 0 Å². The van der Waals surface area contributed by atoms with Crippen molar-refractivity contribution in [3.8, 4) is 0 Å². The first-order valence-electron chi connectivity index (χ1n) is 5.55. The molecule has 7 heteroatoms. The van der Waals surface area contributed by atoms with Gasteiger partial charge >= 0.3 is 6.18 Å². The summed E-state index contributed by atoms with van der Waals surface area (Å²) in [6.45, 7) is 0.531. The maximum absolute atomic E-state index is 12.4. The Balaban J connectivity index is 2.95. The fraction of sp³-hybridized carbons (Fsp3) is 0.417. The van der Waals surface area contributed by atoms with Crippen molar-refractivity contribution in [2.24, 2.45) is 0 Å². The van der Waals surface area contributed by atoms with Crippen molar-refractivity contribution in [2.75, 3.05) is 13.1 Å². The molecule has 0 aliphatic carbocycles. The molecule has 106 valence electrons. The van der Waals surface area contributed by atoms with Crippen LogP contribution in [0.15, 0.2) is 18.2 Å². The number of carbonyl (C=O) groups is 1. The number of rotatable bonds is 4. The summed E-state index contributed by atoms with van der Waals surface area (Å²) in [5.74, 6) is -0.655. The summed E-state index contributed by atoms with van der Waals surface area (Å²) in [6, 6.07) is 4.48. The number of hydrogen-bond acceptors (Lipinski definition) is 1. The molecule has 0 radical (unpaired) electrons. The van der Waals surface area contributed by atoms with Gasteiger partial charge in [-0.2, -0.15) is 13.2 Å². The maximum Gasteiger partial charge on any atom is 0.406 e. The molecule has 0 aromatic heterocycles. The van der Waals surface area contributed by atoms with Crippen molar-refractivity contribution >= 4 is 40.1 Å². The van der Waals surface area contributed by atoms with E-state index in [1.807, 2.05) is 22.6 Å². The molecular weight excluding hydrogens is 393 g/mol. The third-order valence-corrected chi connectivity index (χ3v) is 3.89. The van der Waals surface area contributed by atoms with Gasteiger partial charge in [-0.05, 0) is 47.2 Å². The van der Waals surface area contributed by atoms with Crippen molar-refractivity contribution < 1.29 is 18.0 Å². The molecule has 0 N–H and O–H groups in total. The lowest BCUT2D eigenvalue weighted by molar-refractivity contribution is -0.140. The average molecular weight is 406 g/mol. The minimum Gasteiger partial charge on any atom is -0.330 e. The van der Waals surface area contributed by atoms with Crippen LogP contribution in [0.25, 0.3) is 0 Å². The van der Waals surface area contributed by atoms with Gasteiger partial charge in [-0.15, -0.1) is 0 Å². The molecule has 1 rings (SSSR count). The van der Waals surface area contributed by atoms with E-state index in [9.17, 15) is 18.0 Å². The smallest absolute Gasteiger partial charge is 0.330 e. The number of hydrogen-bond donors (Lipinski definition) is 0. The molecule has 0 heterocycles. The first-order valence-corrected chi connectivity index (χ1v) is 7.01. The van der Waals surface area contributed by atoms with Gasteiger partial charge in [-0.3, -0.25) is 4.79 Å². The van der Waals surface area contributed by atoms with Gasteiger partial charge in [0.15, 0.2) is 0 Å². The third-order valence-electron chi connectivity index (χ3n) is 2.32. The van der Waals surface area contributed by atoms with Crippen molar-refractivity contribution in [2.45, 2.75) is 19.5 Å². The Morgan fingerprint density at radius 2 is 2.05 bits per heavy atom. The Bertz CT molecular complexity index is 465. The number of alkyl halides is 3. The van der Waals surface area contributed by atoms with Crippen molar-refractivity contribution in [3.05, 3.63) is 32.4 Å². The van der Waals surface area contributed by atoms with E-state index in [4.69, 9.17) is 11.6 Å². The van der Waals surface area contributed by atoms with Crippen molar-refractivity contribution in [1.82, 2.24) is 4.90 Å². The number of carbonyl (C=O) groups excluding carboxylic acids is 1. The van der Waals surface area contributed by atoms with Crippen LogP contribution in [0.4, 0.5) is 13.2 Å².